The van der Waals surface area contributed by atoms with E-state index in [1.807, 2.05) is 37.3 Å². The van der Waals surface area contributed by atoms with Gasteiger partial charge in [0.05, 0.1) is 5.41 Å². The molecular formula is C12H17ClN2O. The molecule has 1 aliphatic heterocycles. The summed E-state index contributed by atoms with van der Waals surface area (Å²) in [6.07, 6.45) is 0.908. The van der Waals surface area contributed by atoms with Gasteiger partial charge in [-0.05, 0) is 32.0 Å². The number of halogens is 1. The van der Waals surface area contributed by atoms with E-state index in [4.69, 9.17) is 0 Å². The van der Waals surface area contributed by atoms with Crippen LogP contribution in [-0.4, -0.2) is 19.0 Å². The van der Waals surface area contributed by atoms with Crippen LogP contribution in [0.1, 0.15) is 13.3 Å². The van der Waals surface area contributed by atoms with E-state index in [0.29, 0.717) is 0 Å². The molecule has 0 bridgehead atoms. The third-order valence-corrected chi connectivity index (χ3v) is 2.95. The molecule has 0 spiro atoms. The standard InChI is InChI=1S/C12H16N2O.ClH/c1-12(7-8-13-9-12)11(15)14-10-5-3-2-4-6-10;/h2-6,13H,7-9H2,1H3,(H,14,15);1H. The van der Waals surface area contributed by atoms with Gasteiger partial charge in [0.1, 0.15) is 0 Å². The van der Waals surface area contributed by atoms with Crippen molar-refractivity contribution in [3.8, 4) is 0 Å². The molecule has 1 aromatic rings. The third kappa shape index (κ3) is 2.74. The summed E-state index contributed by atoms with van der Waals surface area (Å²) in [5.41, 5.74) is 0.617. The first-order chi connectivity index (χ1) is 7.21. The van der Waals surface area contributed by atoms with Crippen molar-refractivity contribution in [1.82, 2.24) is 5.32 Å². The third-order valence-electron chi connectivity index (χ3n) is 2.95. The maximum absolute atomic E-state index is 12.0. The lowest BCUT2D eigenvalue weighted by Crippen LogP contribution is -2.35. The molecule has 1 heterocycles. The van der Waals surface area contributed by atoms with Crippen LogP contribution in [0.5, 0.6) is 0 Å². The van der Waals surface area contributed by atoms with Gasteiger partial charge >= 0.3 is 0 Å². The Morgan fingerprint density at radius 1 is 1.38 bits per heavy atom. The fourth-order valence-corrected chi connectivity index (χ4v) is 1.81. The first-order valence-corrected chi connectivity index (χ1v) is 5.28. The lowest BCUT2D eigenvalue weighted by atomic mass is 9.89. The molecule has 0 saturated carbocycles. The number of hydrogen-bond acceptors (Lipinski definition) is 2. The fraction of sp³-hybridized carbons (Fsp3) is 0.417. The van der Waals surface area contributed by atoms with Crippen molar-refractivity contribution in [1.29, 1.82) is 0 Å². The Balaban J connectivity index is 0.00000128. The maximum atomic E-state index is 12.0. The van der Waals surface area contributed by atoms with Gasteiger partial charge in [-0.2, -0.15) is 0 Å². The minimum Gasteiger partial charge on any atom is -0.326 e. The van der Waals surface area contributed by atoms with E-state index in [1.165, 1.54) is 0 Å². The number of carbonyl (C=O) groups excluding carboxylic acids is 1. The highest BCUT2D eigenvalue weighted by Gasteiger charge is 2.36. The van der Waals surface area contributed by atoms with Crippen molar-refractivity contribution in [2.24, 2.45) is 5.41 Å². The number of hydrogen-bond donors (Lipinski definition) is 2. The molecular weight excluding hydrogens is 224 g/mol. The number of para-hydroxylation sites is 1. The molecule has 1 aromatic carbocycles. The van der Waals surface area contributed by atoms with Gasteiger partial charge in [0, 0.05) is 12.2 Å². The summed E-state index contributed by atoms with van der Waals surface area (Å²) >= 11 is 0. The van der Waals surface area contributed by atoms with Crippen LogP contribution < -0.4 is 10.6 Å². The molecule has 0 aliphatic carbocycles. The lowest BCUT2D eigenvalue weighted by molar-refractivity contribution is -0.123. The molecule has 1 atom stereocenters. The number of anilines is 1. The summed E-state index contributed by atoms with van der Waals surface area (Å²) in [7, 11) is 0. The maximum Gasteiger partial charge on any atom is 0.231 e. The van der Waals surface area contributed by atoms with Gasteiger partial charge in [0.15, 0.2) is 0 Å². The Hall–Kier alpha value is -1.06. The zero-order valence-electron chi connectivity index (χ0n) is 9.32. The second-order valence-corrected chi connectivity index (χ2v) is 4.31. The van der Waals surface area contributed by atoms with Gasteiger partial charge < -0.3 is 10.6 Å². The second-order valence-electron chi connectivity index (χ2n) is 4.31. The van der Waals surface area contributed by atoms with E-state index in [0.717, 1.165) is 25.2 Å². The summed E-state index contributed by atoms with van der Waals surface area (Å²) in [4.78, 5) is 12.0. The molecule has 2 N–H and O–H groups in total. The first kappa shape index (κ1) is 13.0. The van der Waals surface area contributed by atoms with Crippen LogP contribution in [-0.2, 0) is 4.79 Å². The lowest BCUT2D eigenvalue weighted by Gasteiger charge is -2.21. The van der Waals surface area contributed by atoms with E-state index in [1.54, 1.807) is 0 Å². The molecule has 2 rings (SSSR count). The number of carbonyl (C=O) groups is 1. The Kier molecular flexibility index (Phi) is 4.33. The summed E-state index contributed by atoms with van der Waals surface area (Å²) in [6, 6.07) is 9.59. The quantitative estimate of drug-likeness (QED) is 0.831. The predicted molar refractivity (Wildman–Crippen MR) is 67.9 cm³/mol. The predicted octanol–water partition coefficient (Wildman–Crippen LogP) is 2.05. The summed E-state index contributed by atoms with van der Waals surface area (Å²) in [5, 5.41) is 6.16. The molecule has 16 heavy (non-hydrogen) atoms. The van der Waals surface area contributed by atoms with Gasteiger partial charge in [-0.1, -0.05) is 18.2 Å². The monoisotopic (exact) mass is 240 g/mol. The van der Waals surface area contributed by atoms with E-state index in [2.05, 4.69) is 10.6 Å². The SMILES string of the molecule is CC1(C(=O)Nc2ccccc2)CCNC1.Cl. The number of rotatable bonds is 2. The van der Waals surface area contributed by atoms with Crippen molar-refractivity contribution in [3.63, 3.8) is 0 Å². The molecule has 88 valence electrons. The highest BCUT2D eigenvalue weighted by molar-refractivity contribution is 5.95. The van der Waals surface area contributed by atoms with Crippen LogP contribution in [0.4, 0.5) is 5.69 Å². The summed E-state index contributed by atoms with van der Waals surface area (Å²) < 4.78 is 0. The Morgan fingerprint density at radius 2 is 2.06 bits per heavy atom. The molecule has 1 saturated heterocycles. The van der Waals surface area contributed by atoms with E-state index < -0.39 is 0 Å². The van der Waals surface area contributed by atoms with Crippen LogP contribution in [0.3, 0.4) is 0 Å². The molecule has 0 aromatic heterocycles. The molecule has 1 fully saturated rings. The largest absolute Gasteiger partial charge is 0.326 e. The molecule has 4 heteroatoms. The van der Waals surface area contributed by atoms with Crippen molar-refractivity contribution >= 4 is 24.0 Å². The van der Waals surface area contributed by atoms with Gasteiger partial charge in [-0.3, -0.25) is 4.79 Å². The summed E-state index contributed by atoms with van der Waals surface area (Å²) in [5.74, 6) is 0.110. The molecule has 0 radical (unpaired) electrons. The minimum absolute atomic E-state index is 0. The normalized spacial score (nSPS) is 23.6. The van der Waals surface area contributed by atoms with Crippen molar-refractivity contribution in [3.05, 3.63) is 30.3 Å². The van der Waals surface area contributed by atoms with Crippen LogP contribution in [0, 0.1) is 5.41 Å². The van der Waals surface area contributed by atoms with Crippen molar-refractivity contribution < 1.29 is 4.79 Å². The number of benzene rings is 1. The highest BCUT2D eigenvalue weighted by atomic mass is 35.5. The van der Waals surface area contributed by atoms with E-state index in [9.17, 15) is 4.79 Å². The fourth-order valence-electron chi connectivity index (χ4n) is 1.81. The topological polar surface area (TPSA) is 41.1 Å². The highest BCUT2D eigenvalue weighted by Crippen LogP contribution is 2.26. The average Bonchev–Trinajstić information content (AvgIpc) is 2.68. The average molecular weight is 241 g/mol. The molecule has 1 amide bonds. The van der Waals surface area contributed by atoms with Gasteiger partial charge in [0.2, 0.25) is 5.91 Å². The Bertz CT molecular complexity index is 347. The van der Waals surface area contributed by atoms with Crippen molar-refractivity contribution in [2.75, 3.05) is 18.4 Å². The summed E-state index contributed by atoms with van der Waals surface area (Å²) in [6.45, 7) is 3.70. The Morgan fingerprint density at radius 3 is 2.62 bits per heavy atom. The van der Waals surface area contributed by atoms with Crippen molar-refractivity contribution in [2.45, 2.75) is 13.3 Å². The van der Waals surface area contributed by atoms with Crippen LogP contribution in [0.15, 0.2) is 30.3 Å². The van der Waals surface area contributed by atoms with Gasteiger partial charge in [0.25, 0.3) is 0 Å². The molecule has 1 unspecified atom stereocenters. The van der Waals surface area contributed by atoms with Crippen LogP contribution in [0.25, 0.3) is 0 Å². The minimum atomic E-state index is -0.254. The first-order valence-electron chi connectivity index (χ1n) is 5.28. The second kappa shape index (κ2) is 5.32. The number of nitrogens with one attached hydrogen (secondary N) is 2. The molecule has 1 aliphatic rings. The zero-order valence-corrected chi connectivity index (χ0v) is 10.1. The van der Waals surface area contributed by atoms with Gasteiger partial charge in [-0.15, -0.1) is 12.4 Å². The smallest absolute Gasteiger partial charge is 0.231 e. The van der Waals surface area contributed by atoms with Crippen LogP contribution in [0.2, 0.25) is 0 Å². The Labute approximate surface area is 102 Å². The number of amides is 1. The van der Waals surface area contributed by atoms with E-state index in [-0.39, 0.29) is 23.7 Å². The van der Waals surface area contributed by atoms with Gasteiger partial charge in [-0.25, -0.2) is 0 Å². The van der Waals surface area contributed by atoms with Crippen LogP contribution >= 0.6 is 12.4 Å². The van der Waals surface area contributed by atoms with E-state index >= 15 is 0 Å². The molecule has 3 nitrogen and oxygen atoms in total. The zero-order chi connectivity index (χ0) is 10.7.